The summed E-state index contributed by atoms with van der Waals surface area (Å²) in [7, 11) is -3.82. The third-order valence-electron chi connectivity index (χ3n) is 2.76. The van der Waals surface area contributed by atoms with Crippen molar-refractivity contribution in [2.75, 3.05) is 10.5 Å². The first-order chi connectivity index (χ1) is 9.29. The summed E-state index contributed by atoms with van der Waals surface area (Å²) in [5.74, 6) is -0.449. The first kappa shape index (κ1) is 14.6. The quantitative estimate of drug-likeness (QED) is 0.855. The van der Waals surface area contributed by atoms with E-state index >= 15 is 0 Å². The van der Waals surface area contributed by atoms with Crippen LogP contribution < -0.4 is 10.5 Å². The number of nitrogen functional groups attached to an aromatic ring is 1. The SMILES string of the molecule is Cc1c(N)cc(S(=O)(=O)Nc2ccc(F)cc2)cc1Cl. The summed E-state index contributed by atoms with van der Waals surface area (Å²) >= 11 is 5.93. The third-order valence-corrected chi connectivity index (χ3v) is 4.52. The summed E-state index contributed by atoms with van der Waals surface area (Å²) in [5.41, 5.74) is 6.86. The summed E-state index contributed by atoms with van der Waals surface area (Å²) in [5, 5.41) is 0.268. The molecule has 0 aliphatic carbocycles. The molecule has 0 aliphatic rings. The Bertz CT molecular complexity index is 722. The minimum atomic E-state index is -3.82. The molecule has 0 heterocycles. The van der Waals surface area contributed by atoms with Gasteiger partial charge in [0.2, 0.25) is 0 Å². The Kier molecular flexibility index (Phi) is 3.87. The topological polar surface area (TPSA) is 72.2 Å². The molecular formula is C13H12ClFN2O2S. The summed E-state index contributed by atoms with van der Waals surface area (Å²) in [6.07, 6.45) is 0. The number of hydrogen-bond donors (Lipinski definition) is 2. The molecule has 2 aromatic carbocycles. The highest BCUT2D eigenvalue weighted by molar-refractivity contribution is 7.92. The van der Waals surface area contributed by atoms with Gasteiger partial charge in [-0.05, 0) is 48.9 Å². The molecule has 106 valence electrons. The standard InChI is InChI=1S/C13H12ClFN2O2S/c1-8-12(14)6-11(7-13(8)16)20(18,19)17-10-4-2-9(15)3-5-10/h2-7,17H,16H2,1H3. The summed E-state index contributed by atoms with van der Waals surface area (Å²) in [4.78, 5) is -0.0464. The average Bonchev–Trinajstić information content (AvgIpc) is 2.38. The van der Waals surface area contributed by atoms with Crippen LogP contribution in [0.5, 0.6) is 0 Å². The smallest absolute Gasteiger partial charge is 0.262 e. The van der Waals surface area contributed by atoms with Gasteiger partial charge in [-0.25, -0.2) is 12.8 Å². The lowest BCUT2D eigenvalue weighted by molar-refractivity contribution is 0.601. The highest BCUT2D eigenvalue weighted by Crippen LogP contribution is 2.27. The van der Waals surface area contributed by atoms with E-state index in [1.54, 1.807) is 6.92 Å². The molecule has 4 nitrogen and oxygen atoms in total. The Morgan fingerprint density at radius 2 is 1.80 bits per heavy atom. The van der Waals surface area contributed by atoms with Crippen molar-refractivity contribution < 1.29 is 12.8 Å². The zero-order valence-electron chi connectivity index (χ0n) is 10.5. The number of halogens is 2. The molecule has 3 N–H and O–H groups in total. The van der Waals surface area contributed by atoms with Gasteiger partial charge in [-0.3, -0.25) is 4.72 Å². The second-order valence-corrected chi connectivity index (χ2v) is 6.32. The van der Waals surface area contributed by atoms with E-state index in [1.165, 1.54) is 24.3 Å². The van der Waals surface area contributed by atoms with Crippen molar-refractivity contribution in [2.24, 2.45) is 0 Å². The zero-order valence-corrected chi connectivity index (χ0v) is 12.1. The Morgan fingerprint density at radius 3 is 2.35 bits per heavy atom. The van der Waals surface area contributed by atoms with Gasteiger partial charge >= 0.3 is 0 Å². The third kappa shape index (κ3) is 3.02. The van der Waals surface area contributed by atoms with Gasteiger partial charge in [-0.15, -0.1) is 0 Å². The predicted molar refractivity (Wildman–Crippen MR) is 77.8 cm³/mol. The number of nitrogens with one attached hydrogen (secondary N) is 1. The van der Waals surface area contributed by atoms with E-state index in [1.807, 2.05) is 0 Å². The molecule has 0 bridgehead atoms. The molecule has 0 aromatic heterocycles. The minimum absolute atomic E-state index is 0.0464. The molecular weight excluding hydrogens is 303 g/mol. The minimum Gasteiger partial charge on any atom is -0.398 e. The summed E-state index contributed by atoms with van der Waals surface area (Å²) < 4.78 is 39.5. The van der Waals surface area contributed by atoms with Crippen LogP contribution in [0.4, 0.5) is 15.8 Å². The highest BCUT2D eigenvalue weighted by atomic mass is 35.5. The van der Waals surface area contributed by atoms with E-state index in [0.29, 0.717) is 5.56 Å². The number of sulfonamides is 1. The maximum absolute atomic E-state index is 12.8. The van der Waals surface area contributed by atoms with Crippen LogP contribution in [0.15, 0.2) is 41.3 Å². The maximum Gasteiger partial charge on any atom is 0.262 e. The molecule has 0 atom stereocenters. The molecule has 0 aliphatic heterocycles. The fourth-order valence-electron chi connectivity index (χ4n) is 1.56. The van der Waals surface area contributed by atoms with Crippen molar-refractivity contribution in [3.05, 3.63) is 52.8 Å². The fraction of sp³-hybridized carbons (Fsp3) is 0.0769. The molecule has 0 amide bonds. The van der Waals surface area contributed by atoms with Crippen molar-refractivity contribution in [3.63, 3.8) is 0 Å². The predicted octanol–water partition coefficient (Wildman–Crippen LogP) is 3.17. The lowest BCUT2D eigenvalue weighted by Crippen LogP contribution is -2.13. The van der Waals surface area contributed by atoms with Gasteiger partial charge in [-0.1, -0.05) is 11.6 Å². The average molecular weight is 315 g/mol. The Hall–Kier alpha value is -1.79. The molecule has 0 radical (unpaired) electrons. The molecule has 0 saturated heterocycles. The van der Waals surface area contributed by atoms with Crippen LogP contribution in [0.25, 0.3) is 0 Å². The van der Waals surface area contributed by atoms with Crippen molar-refractivity contribution in [2.45, 2.75) is 11.8 Å². The van der Waals surface area contributed by atoms with Crippen LogP contribution in [0.1, 0.15) is 5.56 Å². The van der Waals surface area contributed by atoms with Gasteiger partial charge < -0.3 is 5.73 Å². The zero-order chi connectivity index (χ0) is 14.9. The van der Waals surface area contributed by atoms with Crippen LogP contribution in [0, 0.1) is 12.7 Å². The Morgan fingerprint density at radius 1 is 1.20 bits per heavy atom. The van der Waals surface area contributed by atoms with Gasteiger partial charge in [-0.2, -0.15) is 0 Å². The van der Waals surface area contributed by atoms with Crippen molar-refractivity contribution in [1.82, 2.24) is 0 Å². The van der Waals surface area contributed by atoms with Gasteiger partial charge in [0.25, 0.3) is 10.0 Å². The number of benzene rings is 2. The number of anilines is 2. The van der Waals surface area contributed by atoms with E-state index in [2.05, 4.69) is 4.72 Å². The van der Waals surface area contributed by atoms with Crippen LogP contribution in [-0.4, -0.2) is 8.42 Å². The molecule has 0 unspecified atom stereocenters. The second kappa shape index (κ2) is 5.30. The molecule has 2 rings (SSSR count). The summed E-state index contributed by atoms with van der Waals surface area (Å²) in [6.45, 7) is 1.70. The van der Waals surface area contributed by atoms with Crippen LogP contribution in [0.3, 0.4) is 0 Å². The molecule has 7 heteroatoms. The lowest BCUT2D eigenvalue weighted by atomic mass is 10.2. The fourth-order valence-corrected chi connectivity index (χ4v) is 2.97. The Balaban J connectivity index is 2.38. The van der Waals surface area contributed by atoms with E-state index < -0.39 is 15.8 Å². The number of hydrogen-bond acceptors (Lipinski definition) is 3. The monoisotopic (exact) mass is 314 g/mol. The van der Waals surface area contributed by atoms with Crippen LogP contribution in [-0.2, 0) is 10.0 Å². The van der Waals surface area contributed by atoms with Crippen LogP contribution in [0.2, 0.25) is 5.02 Å². The number of nitrogens with two attached hydrogens (primary N) is 1. The van der Waals surface area contributed by atoms with Gasteiger partial charge in [0.15, 0.2) is 0 Å². The molecule has 0 fully saturated rings. The summed E-state index contributed by atoms with van der Waals surface area (Å²) in [6, 6.07) is 7.62. The largest absolute Gasteiger partial charge is 0.398 e. The highest BCUT2D eigenvalue weighted by Gasteiger charge is 2.17. The molecule has 0 spiro atoms. The van der Waals surface area contributed by atoms with Gasteiger partial charge in [0, 0.05) is 16.4 Å². The van der Waals surface area contributed by atoms with Crippen molar-refractivity contribution in [1.29, 1.82) is 0 Å². The van der Waals surface area contributed by atoms with Gasteiger partial charge in [0.05, 0.1) is 4.90 Å². The van der Waals surface area contributed by atoms with Crippen molar-refractivity contribution in [3.8, 4) is 0 Å². The van der Waals surface area contributed by atoms with E-state index in [-0.39, 0.29) is 21.3 Å². The van der Waals surface area contributed by atoms with E-state index in [4.69, 9.17) is 17.3 Å². The lowest BCUT2D eigenvalue weighted by Gasteiger charge is -2.10. The number of rotatable bonds is 3. The molecule has 20 heavy (non-hydrogen) atoms. The normalized spacial score (nSPS) is 11.3. The molecule has 2 aromatic rings. The van der Waals surface area contributed by atoms with Crippen molar-refractivity contribution >= 4 is 33.0 Å². The first-order valence-electron chi connectivity index (χ1n) is 5.63. The maximum atomic E-state index is 12.8. The van der Waals surface area contributed by atoms with Crippen LogP contribution >= 0.6 is 11.6 Å². The van der Waals surface area contributed by atoms with E-state index in [0.717, 1.165) is 12.1 Å². The molecule has 0 saturated carbocycles. The first-order valence-corrected chi connectivity index (χ1v) is 7.50. The van der Waals surface area contributed by atoms with E-state index in [9.17, 15) is 12.8 Å². The second-order valence-electron chi connectivity index (χ2n) is 4.23. The van der Waals surface area contributed by atoms with Gasteiger partial charge in [0.1, 0.15) is 5.82 Å². The Labute approximate surface area is 121 Å².